The Labute approximate surface area is 184 Å². The highest BCUT2D eigenvalue weighted by atomic mass is 35.5. The lowest BCUT2D eigenvalue weighted by atomic mass is 10.0. The number of alkyl halides is 2. The molecule has 0 amide bonds. The number of halogens is 3. The Morgan fingerprint density at radius 2 is 1.90 bits per heavy atom. The molecule has 0 aliphatic carbocycles. The quantitative estimate of drug-likeness (QED) is 0.563. The number of nitrogens with zero attached hydrogens (tertiary/aromatic N) is 2. The molecule has 1 aliphatic heterocycles. The Bertz CT molecular complexity index is 1090. The summed E-state index contributed by atoms with van der Waals surface area (Å²) in [6, 6.07) is 13.5. The van der Waals surface area contributed by atoms with Crippen molar-refractivity contribution >= 4 is 17.4 Å². The minimum absolute atomic E-state index is 0.0712. The van der Waals surface area contributed by atoms with Crippen molar-refractivity contribution in [2.45, 2.75) is 26.0 Å². The standard InChI is InChI=1S/C23H22ClF2N3O2/c1-13-8-21(30)18(11-19(13)24)20-9-15(10-22(28-20)29-7-6-16(27)12-29)14-2-4-17(5-3-14)31-23(25)26/h2-5,8-11,16,23,30H,6-7,12,27H2,1H3. The zero-order valence-electron chi connectivity index (χ0n) is 16.9. The van der Waals surface area contributed by atoms with Gasteiger partial charge in [-0.15, -0.1) is 0 Å². The van der Waals surface area contributed by atoms with Crippen molar-refractivity contribution in [3.8, 4) is 33.9 Å². The first-order valence-electron chi connectivity index (χ1n) is 9.87. The van der Waals surface area contributed by atoms with Gasteiger partial charge in [0.25, 0.3) is 0 Å². The first kappa shape index (κ1) is 21.3. The number of rotatable bonds is 5. The van der Waals surface area contributed by atoms with E-state index in [1.54, 1.807) is 24.3 Å². The van der Waals surface area contributed by atoms with Crippen LogP contribution in [0.4, 0.5) is 14.6 Å². The topological polar surface area (TPSA) is 71.6 Å². The molecule has 5 nitrogen and oxygen atoms in total. The number of ether oxygens (including phenoxy) is 1. The molecule has 0 radical (unpaired) electrons. The smallest absolute Gasteiger partial charge is 0.387 e. The highest BCUT2D eigenvalue weighted by Crippen LogP contribution is 2.37. The summed E-state index contributed by atoms with van der Waals surface area (Å²) < 4.78 is 29.4. The van der Waals surface area contributed by atoms with E-state index in [9.17, 15) is 13.9 Å². The second kappa shape index (κ2) is 8.69. The maximum absolute atomic E-state index is 12.5. The number of anilines is 1. The Kier molecular flexibility index (Phi) is 5.98. The number of benzene rings is 2. The molecule has 0 bridgehead atoms. The fraction of sp³-hybridized carbons (Fsp3) is 0.261. The van der Waals surface area contributed by atoms with E-state index in [1.165, 1.54) is 12.1 Å². The average molecular weight is 446 g/mol. The SMILES string of the molecule is Cc1cc(O)c(-c2cc(-c3ccc(OC(F)F)cc3)cc(N3CCC(N)C3)n2)cc1Cl. The summed E-state index contributed by atoms with van der Waals surface area (Å²) in [5.41, 5.74) is 9.53. The molecule has 31 heavy (non-hydrogen) atoms. The van der Waals surface area contributed by atoms with Crippen LogP contribution in [0.25, 0.3) is 22.4 Å². The molecule has 1 aliphatic rings. The first-order chi connectivity index (χ1) is 14.8. The van der Waals surface area contributed by atoms with E-state index in [0.717, 1.165) is 35.5 Å². The molecule has 0 spiro atoms. The predicted octanol–water partition coefficient (Wildman–Crippen LogP) is 5.22. The van der Waals surface area contributed by atoms with Crippen LogP contribution in [0.2, 0.25) is 5.02 Å². The van der Waals surface area contributed by atoms with Crippen molar-refractivity contribution in [2.75, 3.05) is 18.0 Å². The number of aromatic hydroxyl groups is 1. The normalized spacial score (nSPS) is 16.2. The predicted molar refractivity (Wildman–Crippen MR) is 118 cm³/mol. The van der Waals surface area contributed by atoms with Crippen molar-refractivity contribution in [2.24, 2.45) is 5.73 Å². The van der Waals surface area contributed by atoms with Crippen LogP contribution in [-0.2, 0) is 0 Å². The van der Waals surface area contributed by atoms with Gasteiger partial charge in [0.05, 0.1) is 5.69 Å². The average Bonchev–Trinajstić information content (AvgIpc) is 3.17. The molecule has 2 aromatic carbocycles. The Morgan fingerprint density at radius 3 is 2.55 bits per heavy atom. The lowest BCUT2D eigenvalue weighted by molar-refractivity contribution is -0.0498. The van der Waals surface area contributed by atoms with Crippen LogP contribution in [0, 0.1) is 6.92 Å². The molecule has 3 N–H and O–H groups in total. The number of phenols is 1. The van der Waals surface area contributed by atoms with Gasteiger partial charge in [-0.05, 0) is 66.4 Å². The van der Waals surface area contributed by atoms with Gasteiger partial charge in [0.1, 0.15) is 17.3 Å². The van der Waals surface area contributed by atoms with Gasteiger partial charge in [0.2, 0.25) is 0 Å². The first-order valence-corrected chi connectivity index (χ1v) is 10.3. The summed E-state index contributed by atoms with van der Waals surface area (Å²) in [6.45, 7) is 0.394. The van der Waals surface area contributed by atoms with E-state index in [-0.39, 0.29) is 17.5 Å². The lowest BCUT2D eigenvalue weighted by Crippen LogP contribution is -2.27. The highest BCUT2D eigenvalue weighted by molar-refractivity contribution is 6.31. The molecule has 0 saturated carbocycles. The van der Waals surface area contributed by atoms with E-state index in [4.69, 9.17) is 22.3 Å². The summed E-state index contributed by atoms with van der Waals surface area (Å²) in [5, 5.41) is 11.1. The van der Waals surface area contributed by atoms with Crippen molar-refractivity contribution in [3.63, 3.8) is 0 Å². The Balaban J connectivity index is 1.80. The van der Waals surface area contributed by atoms with Gasteiger partial charge < -0.3 is 20.5 Å². The van der Waals surface area contributed by atoms with Gasteiger partial charge in [0, 0.05) is 29.7 Å². The third-order valence-electron chi connectivity index (χ3n) is 5.33. The lowest BCUT2D eigenvalue weighted by Gasteiger charge is -2.20. The van der Waals surface area contributed by atoms with Gasteiger partial charge in [-0.2, -0.15) is 8.78 Å². The van der Waals surface area contributed by atoms with Gasteiger partial charge in [-0.3, -0.25) is 0 Å². The highest BCUT2D eigenvalue weighted by Gasteiger charge is 2.22. The number of aryl methyl sites for hydroxylation is 1. The zero-order valence-corrected chi connectivity index (χ0v) is 17.6. The number of hydrogen-bond donors (Lipinski definition) is 2. The molecule has 4 rings (SSSR count). The van der Waals surface area contributed by atoms with E-state index >= 15 is 0 Å². The third-order valence-corrected chi connectivity index (χ3v) is 5.73. The second-order valence-electron chi connectivity index (χ2n) is 7.62. The van der Waals surface area contributed by atoms with Crippen LogP contribution in [0.5, 0.6) is 11.5 Å². The second-order valence-corrected chi connectivity index (χ2v) is 8.02. The minimum Gasteiger partial charge on any atom is -0.507 e. The molecular formula is C23H22ClF2N3O2. The van der Waals surface area contributed by atoms with E-state index < -0.39 is 6.61 Å². The number of hydrogen-bond acceptors (Lipinski definition) is 5. The Hall–Kier alpha value is -2.90. The molecule has 2 heterocycles. The van der Waals surface area contributed by atoms with Crippen LogP contribution < -0.4 is 15.4 Å². The number of phenolic OH excluding ortho intramolecular Hbond substituents is 1. The van der Waals surface area contributed by atoms with Gasteiger partial charge in [-0.25, -0.2) is 4.98 Å². The number of nitrogens with two attached hydrogens (primary N) is 1. The summed E-state index contributed by atoms with van der Waals surface area (Å²) in [5.74, 6) is 0.891. The van der Waals surface area contributed by atoms with Crippen molar-refractivity contribution in [1.29, 1.82) is 0 Å². The third kappa shape index (κ3) is 4.73. The van der Waals surface area contributed by atoms with Crippen LogP contribution >= 0.6 is 11.6 Å². The van der Waals surface area contributed by atoms with E-state index in [0.29, 0.717) is 22.8 Å². The molecule has 1 atom stereocenters. The molecule has 1 fully saturated rings. The number of aromatic nitrogens is 1. The summed E-state index contributed by atoms with van der Waals surface area (Å²) >= 11 is 6.30. The number of pyridine rings is 1. The molecule has 1 saturated heterocycles. The maximum atomic E-state index is 12.5. The molecule has 162 valence electrons. The Morgan fingerprint density at radius 1 is 1.16 bits per heavy atom. The molecule has 8 heteroatoms. The van der Waals surface area contributed by atoms with Crippen molar-refractivity contribution in [3.05, 3.63) is 59.1 Å². The summed E-state index contributed by atoms with van der Waals surface area (Å²) in [4.78, 5) is 6.86. The van der Waals surface area contributed by atoms with Crippen molar-refractivity contribution in [1.82, 2.24) is 4.98 Å². The fourth-order valence-corrected chi connectivity index (χ4v) is 3.84. The van der Waals surface area contributed by atoms with Crippen LogP contribution in [0.3, 0.4) is 0 Å². The van der Waals surface area contributed by atoms with Gasteiger partial charge >= 0.3 is 6.61 Å². The minimum atomic E-state index is -2.88. The van der Waals surface area contributed by atoms with Gasteiger partial charge in [0.15, 0.2) is 0 Å². The molecular weight excluding hydrogens is 424 g/mol. The molecule has 1 unspecified atom stereocenters. The largest absolute Gasteiger partial charge is 0.507 e. The van der Waals surface area contributed by atoms with E-state index in [2.05, 4.69) is 9.64 Å². The van der Waals surface area contributed by atoms with Crippen LogP contribution in [0.1, 0.15) is 12.0 Å². The van der Waals surface area contributed by atoms with Gasteiger partial charge in [-0.1, -0.05) is 23.7 Å². The molecule has 3 aromatic rings. The summed E-state index contributed by atoms with van der Waals surface area (Å²) in [7, 11) is 0. The molecule has 1 aromatic heterocycles. The maximum Gasteiger partial charge on any atom is 0.387 e. The zero-order chi connectivity index (χ0) is 22.1. The fourth-order valence-electron chi connectivity index (χ4n) is 3.68. The van der Waals surface area contributed by atoms with Crippen LogP contribution in [-0.4, -0.2) is 35.8 Å². The summed E-state index contributed by atoms with van der Waals surface area (Å²) in [6.07, 6.45) is 0.864. The van der Waals surface area contributed by atoms with E-state index in [1.807, 2.05) is 19.1 Å². The van der Waals surface area contributed by atoms with Crippen molar-refractivity contribution < 1.29 is 18.6 Å². The monoisotopic (exact) mass is 445 g/mol. The van der Waals surface area contributed by atoms with Crippen LogP contribution in [0.15, 0.2) is 48.5 Å².